The van der Waals surface area contributed by atoms with Crippen molar-refractivity contribution in [3.63, 3.8) is 0 Å². The maximum absolute atomic E-state index is 5.72. The van der Waals surface area contributed by atoms with E-state index in [-0.39, 0.29) is 5.60 Å². The summed E-state index contributed by atoms with van der Waals surface area (Å²) in [5, 5.41) is 0. The molecule has 0 amide bonds. The molecule has 1 aromatic carbocycles. The van der Waals surface area contributed by atoms with Crippen LogP contribution in [0, 0.1) is 13.8 Å². The first-order valence-corrected chi connectivity index (χ1v) is 4.94. The van der Waals surface area contributed by atoms with Gasteiger partial charge >= 0.3 is 0 Å². The van der Waals surface area contributed by atoms with Gasteiger partial charge in [0.15, 0.2) is 0 Å². The van der Waals surface area contributed by atoms with Crippen LogP contribution < -0.4 is 4.74 Å². The monoisotopic (exact) mass is 192 g/mol. The summed E-state index contributed by atoms with van der Waals surface area (Å²) in [6.07, 6.45) is 0. The van der Waals surface area contributed by atoms with E-state index in [9.17, 15) is 0 Å². The Bertz CT molecular complexity index is 340. The molecule has 2 heteroatoms. The third-order valence-electron chi connectivity index (χ3n) is 2.73. The highest BCUT2D eigenvalue weighted by atomic mass is 16.6. The molecule has 0 radical (unpaired) electrons. The van der Waals surface area contributed by atoms with Gasteiger partial charge < -0.3 is 9.47 Å². The van der Waals surface area contributed by atoms with Crippen LogP contribution in [0.15, 0.2) is 18.2 Å². The SMILES string of the molecule is Cc1cccc(OCC2(C)CO2)c1C. The van der Waals surface area contributed by atoms with Gasteiger partial charge in [0.05, 0.1) is 6.61 Å². The van der Waals surface area contributed by atoms with Gasteiger partial charge in [-0.3, -0.25) is 0 Å². The minimum Gasteiger partial charge on any atom is -0.490 e. The Morgan fingerprint density at radius 2 is 2.14 bits per heavy atom. The Hall–Kier alpha value is -1.02. The maximum Gasteiger partial charge on any atom is 0.123 e. The molecule has 0 bridgehead atoms. The molecular formula is C12H16O2. The highest BCUT2D eigenvalue weighted by Crippen LogP contribution is 2.28. The fraction of sp³-hybridized carbons (Fsp3) is 0.500. The molecule has 1 saturated heterocycles. The second kappa shape index (κ2) is 3.28. The highest BCUT2D eigenvalue weighted by molar-refractivity contribution is 5.38. The maximum atomic E-state index is 5.72. The smallest absolute Gasteiger partial charge is 0.123 e. The molecule has 76 valence electrons. The largest absolute Gasteiger partial charge is 0.490 e. The van der Waals surface area contributed by atoms with E-state index in [0.29, 0.717) is 6.61 Å². The average Bonchev–Trinajstić information content (AvgIpc) is 2.88. The van der Waals surface area contributed by atoms with Crippen molar-refractivity contribution in [3.8, 4) is 5.75 Å². The average molecular weight is 192 g/mol. The fourth-order valence-corrected chi connectivity index (χ4v) is 1.32. The Labute approximate surface area is 84.8 Å². The van der Waals surface area contributed by atoms with Crippen LogP contribution in [0.2, 0.25) is 0 Å². The molecule has 14 heavy (non-hydrogen) atoms. The molecule has 1 heterocycles. The number of rotatable bonds is 3. The van der Waals surface area contributed by atoms with E-state index in [2.05, 4.69) is 26.8 Å². The van der Waals surface area contributed by atoms with Crippen molar-refractivity contribution in [2.45, 2.75) is 26.4 Å². The van der Waals surface area contributed by atoms with Crippen LogP contribution in [-0.4, -0.2) is 18.8 Å². The van der Waals surface area contributed by atoms with E-state index in [1.807, 2.05) is 12.1 Å². The van der Waals surface area contributed by atoms with Gasteiger partial charge in [-0.2, -0.15) is 0 Å². The lowest BCUT2D eigenvalue weighted by Gasteiger charge is -2.12. The summed E-state index contributed by atoms with van der Waals surface area (Å²) in [4.78, 5) is 0. The zero-order valence-corrected chi connectivity index (χ0v) is 8.96. The van der Waals surface area contributed by atoms with Crippen molar-refractivity contribution < 1.29 is 9.47 Å². The Kier molecular flexibility index (Phi) is 2.23. The normalized spacial score (nSPS) is 24.8. The fourth-order valence-electron chi connectivity index (χ4n) is 1.32. The molecule has 2 rings (SSSR count). The van der Waals surface area contributed by atoms with Crippen LogP contribution in [0.25, 0.3) is 0 Å². The Morgan fingerprint density at radius 1 is 1.43 bits per heavy atom. The first-order chi connectivity index (χ1) is 6.61. The van der Waals surface area contributed by atoms with Crippen LogP contribution in [0.4, 0.5) is 0 Å². The topological polar surface area (TPSA) is 21.8 Å². The lowest BCUT2D eigenvalue weighted by Crippen LogP contribution is -2.17. The van der Waals surface area contributed by atoms with Gasteiger partial charge in [0.25, 0.3) is 0 Å². The zero-order valence-electron chi connectivity index (χ0n) is 8.96. The van der Waals surface area contributed by atoms with E-state index in [0.717, 1.165) is 12.4 Å². The molecule has 1 aliphatic rings. The van der Waals surface area contributed by atoms with Crippen LogP contribution in [0.1, 0.15) is 18.1 Å². The summed E-state index contributed by atoms with van der Waals surface area (Å²) in [6, 6.07) is 6.12. The zero-order chi connectivity index (χ0) is 10.2. The predicted octanol–water partition coefficient (Wildman–Crippen LogP) is 2.47. The quantitative estimate of drug-likeness (QED) is 0.686. The van der Waals surface area contributed by atoms with Crippen molar-refractivity contribution >= 4 is 0 Å². The molecule has 1 fully saturated rings. The van der Waals surface area contributed by atoms with Crippen molar-refractivity contribution in [3.05, 3.63) is 29.3 Å². The van der Waals surface area contributed by atoms with Crippen molar-refractivity contribution in [2.24, 2.45) is 0 Å². The number of hydrogen-bond acceptors (Lipinski definition) is 2. The molecule has 1 aromatic rings. The minimum atomic E-state index is -0.0316. The molecular weight excluding hydrogens is 176 g/mol. The number of aryl methyl sites for hydroxylation is 1. The Morgan fingerprint density at radius 3 is 2.79 bits per heavy atom. The third kappa shape index (κ3) is 1.90. The molecule has 1 atom stereocenters. The summed E-state index contributed by atoms with van der Waals surface area (Å²) in [6.45, 7) is 7.71. The van der Waals surface area contributed by atoms with Crippen LogP contribution in [-0.2, 0) is 4.74 Å². The Balaban J connectivity index is 2.05. The first kappa shape index (κ1) is 9.53. The van der Waals surface area contributed by atoms with Gasteiger partial charge in [0.2, 0.25) is 0 Å². The summed E-state index contributed by atoms with van der Waals surface area (Å²) in [7, 11) is 0. The lowest BCUT2D eigenvalue weighted by atomic mass is 10.1. The third-order valence-corrected chi connectivity index (χ3v) is 2.73. The van der Waals surface area contributed by atoms with Gasteiger partial charge in [-0.1, -0.05) is 12.1 Å². The molecule has 1 aliphatic heterocycles. The van der Waals surface area contributed by atoms with Gasteiger partial charge in [0.1, 0.15) is 18.0 Å². The van der Waals surface area contributed by atoms with Crippen LogP contribution in [0.3, 0.4) is 0 Å². The number of epoxide rings is 1. The molecule has 0 N–H and O–H groups in total. The van der Waals surface area contributed by atoms with Gasteiger partial charge in [-0.15, -0.1) is 0 Å². The molecule has 0 aliphatic carbocycles. The van der Waals surface area contributed by atoms with E-state index in [1.54, 1.807) is 0 Å². The summed E-state index contributed by atoms with van der Waals surface area (Å²) < 4.78 is 11.0. The van der Waals surface area contributed by atoms with Crippen LogP contribution in [0.5, 0.6) is 5.75 Å². The van der Waals surface area contributed by atoms with Crippen molar-refractivity contribution in [1.82, 2.24) is 0 Å². The van der Waals surface area contributed by atoms with E-state index in [1.165, 1.54) is 11.1 Å². The highest BCUT2D eigenvalue weighted by Gasteiger charge is 2.40. The molecule has 1 unspecified atom stereocenters. The number of hydrogen-bond donors (Lipinski definition) is 0. The second-order valence-electron chi connectivity index (χ2n) is 4.23. The molecule has 0 spiro atoms. The number of benzene rings is 1. The predicted molar refractivity (Wildman–Crippen MR) is 55.8 cm³/mol. The van der Waals surface area contributed by atoms with Gasteiger partial charge in [0, 0.05) is 0 Å². The lowest BCUT2D eigenvalue weighted by molar-refractivity contribution is 0.201. The summed E-state index contributed by atoms with van der Waals surface area (Å²) in [5.41, 5.74) is 2.46. The van der Waals surface area contributed by atoms with E-state index >= 15 is 0 Å². The summed E-state index contributed by atoms with van der Waals surface area (Å²) >= 11 is 0. The minimum absolute atomic E-state index is 0.0316. The second-order valence-corrected chi connectivity index (χ2v) is 4.23. The number of ether oxygens (including phenoxy) is 2. The van der Waals surface area contributed by atoms with Crippen molar-refractivity contribution in [1.29, 1.82) is 0 Å². The van der Waals surface area contributed by atoms with Gasteiger partial charge in [-0.25, -0.2) is 0 Å². The molecule has 0 saturated carbocycles. The summed E-state index contributed by atoms with van der Waals surface area (Å²) in [5.74, 6) is 0.974. The molecule has 0 aromatic heterocycles. The standard InChI is InChI=1S/C12H16O2/c1-9-5-4-6-11(10(9)2)13-7-12(3)8-14-12/h4-6H,7-8H2,1-3H3. The van der Waals surface area contributed by atoms with Crippen molar-refractivity contribution in [2.75, 3.05) is 13.2 Å². The first-order valence-electron chi connectivity index (χ1n) is 4.94. The molecule has 2 nitrogen and oxygen atoms in total. The van der Waals surface area contributed by atoms with Gasteiger partial charge in [-0.05, 0) is 38.0 Å². The van der Waals surface area contributed by atoms with E-state index in [4.69, 9.17) is 9.47 Å². The van der Waals surface area contributed by atoms with E-state index < -0.39 is 0 Å². The van der Waals surface area contributed by atoms with Crippen LogP contribution >= 0.6 is 0 Å².